The molecule has 0 aromatic heterocycles. The van der Waals surface area contributed by atoms with Gasteiger partial charge in [-0.25, -0.2) is 0 Å². The molecule has 0 radical (unpaired) electrons. The molecule has 1 atom stereocenters. The quantitative estimate of drug-likeness (QED) is 0.562. The Kier molecular flexibility index (Phi) is 6.26. The number of carbonyl (C=O) groups excluding carboxylic acids is 1. The minimum Gasteiger partial charge on any atom is -0.465 e. The van der Waals surface area contributed by atoms with E-state index in [9.17, 15) is 4.79 Å². The molecule has 30 heavy (non-hydrogen) atoms. The minimum absolute atomic E-state index is 0.236. The minimum atomic E-state index is -0.431. The normalized spacial score (nSPS) is 13.2. The molecule has 1 aliphatic rings. The average molecular weight is 399 g/mol. The molecule has 3 aromatic carbocycles. The number of benzene rings is 3. The van der Waals surface area contributed by atoms with Gasteiger partial charge >= 0.3 is 5.97 Å². The SMILES string of the molecule is CCOC(=O)C(Cc1ccccc1)NCC1=Cc2ccccc2Oc2ccccc21. The van der Waals surface area contributed by atoms with Crippen molar-refractivity contribution in [2.75, 3.05) is 13.2 Å². The summed E-state index contributed by atoms with van der Waals surface area (Å²) in [5.74, 6) is 1.40. The first-order valence-corrected chi connectivity index (χ1v) is 10.3. The zero-order valence-electron chi connectivity index (χ0n) is 17.0. The second-order valence-corrected chi connectivity index (χ2v) is 7.18. The molecule has 1 heterocycles. The zero-order valence-corrected chi connectivity index (χ0v) is 17.0. The second kappa shape index (κ2) is 9.42. The van der Waals surface area contributed by atoms with Crippen LogP contribution in [-0.4, -0.2) is 25.2 Å². The molecule has 0 spiro atoms. The van der Waals surface area contributed by atoms with Gasteiger partial charge in [0.2, 0.25) is 0 Å². The molecule has 0 amide bonds. The molecule has 152 valence electrons. The molecule has 4 heteroatoms. The predicted molar refractivity (Wildman–Crippen MR) is 119 cm³/mol. The van der Waals surface area contributed by atoms with E-state index in [-0.39, 0.29) is 5.97 Å². The highest BCUT2D eigenvalue weighted by molar-refractivity contribution is 5.88. The van der Waals surface area contributed by atoms with Gasteiger partial charge in [-0.15, -0.1) is 0 Å². The van der Waals surface area contributed by atoms with Crippen molar-refractivity contribution in [3.8, 4) is 11.5 Å². The van der Waals surface area contributed by atoms with Crippen LogP contribution in [0.1, 0.15) is 23.6 Å². The standard InChI is InChI=1S/C26H25NO3/c1-2-29-26(28)23(16-19-10-4-3-5-11-19)27-18-21-17-20-12-6-8-14-24(20)30-25-15-9-7-13-22(21)25/h3-15,17,23,27H,2,16,18H2,1H3. The van der Waals surface area contributed by atoms with E-state index in [1.807, 2.05) is 85.8 Å². The molecule has 3 aromatic rings. The highest BCUT2D eigenvalue weighted by Gasteiger charge is 2.22. The van der Waals surface area contributed by atoms with Crippen LogP contribution in [0.4, 0.5) is 0 Å². The summed E-state index contributed by atoms with van der Waals surface area (Å²) < 4.78 is 11.5. The van der Waals surface area contributed by atoms with E-state index in [0.29, 0.717) is 19.6 Å². The third kappa shape index (κ3) is 4.61. The monoisotopic (exact) mass is 399 g/mol. The number of carbonyl (C=O) groups is 1. The van der Waals surface area contributed by atoms with Gasteiger partial charge in [-0.3, -0.25) is 10.1 Å². The Morgan fingerprint density at radius 1 is 0.933 bits per heavy atom. The Balaban J connectivity index is 1.60. The van der Waals surface area contributed by atoms with E-state index in [2.05, 4.69) is 11.4 Å². The molecule has 1 aliphatic heterocycles. The lowest BCUT2D eigenvalue weighted by Gasteiger charge is -2.19. The lowest BCUT2D eigenvalue weighted by molar-refractivity contribution is -0.145. The van der Waals surface area contributed by atoms with Crippen LogP contribution in [0.3, 0.4) is 0 Å². The van der Waals surface area contributed by atoms with Crippen molar-refractivity contribution in [2.24, 2.45) is 0 Å². The molecule has 0 saturated heterocycles. The first-order valence-electron chi connectivity index (χ1n) is 10.3. The fourth-order valence-corrected chi connectivity index (χ4v) is 3.61. The Hall–Kier alpha value is -3.37. The summed E-state index contributed by atoms with van der Waals surface area (Å²) >= 11 is 0. The third-order valence-corrected chi connectivity index (χ3v) is 5.09. The maximum atomic E-state index is 12.6. The summed E-state index contributed by atoms with van der Waals surface area (Å²) in [6.07, 6.45) is 2.70. The molecular formula is C26H25NO3. The molecule has 0 saturated carbocycles. The second-order valence-electron chi connectivity index (χ2n) is 7.18. The number of nitrogens with one attached hydrogen (secondary N) is 1. The average Bonchev–Trinajstić information content (AvgIpc) is 2.94. The summed E-state index contributed by atoms with van der Waals surface area (Å²) in [5.41, 5.74) is 4.19. The fraction of sp³-hybridized carbons (Fsp3) is 0.192. The Bertz CT molecular complexity index is 1040. The molecule has 0 aliphatic carbocycles. The smallest absolute Gasteiger partial charge is 0.323 e. The summed E-state index contributed by atoms with van der Waals surface area (Å²) in [4.78, 5) is 12.6. The number of ether oxygens (including phenoxy) is 2. The van der Waals surface area contributed by atoms with Crippen molar-refractivity contribution in [1.29, 1.82) is 0 Å². The van der Waals surface area contributed by atoms with Gasteiger partial charge in [0.25, 0.3) is 0 Å². The van der Waals surface area contributed by atoms with E-state index >= 15 is 0 Å². The lowest BCUT2D eigenvalue weighted by atomic mass is 10.0. The van der Waals surface area contributed by atoms with Crippen molar-refractivity contribution < 1.29 is 14.3 Å². The van der Waals surface area contributed by atoms with E-state index in [0.717, 1.165) is 33.8 Å². The van der Waals surface area contributed by atoms with Gasteiger partial charge in [-0.2, -0.15) is 0 Å². The van der Waals surface area contributed by atoms with Crippen molar-refractivity contribution in [3.63, 3.8) is 0 Å². The van der Waals surface area contributed by atoms with E-state index in [4.69, 9.17) is 9.47 Å². The lowest BCUT2D eigenvalue weighted by Crippen LogP contribution is -2.40. The van der Waals surface area contributed by atoms with Gasteiger partial charge < -0.3 is 9.47 Å². The molecule has 0 fully saturated rings. The Morgan fingerprint density at radius 3 is 2.43 bits per heavy atom. The van der Waals surface area contributed by atoms with Gasteiger partial charge in [0.15, 0.2) is 0 Å². The molecule has 4 nitrogen and oxygen atoms in total. The van der Waals surface area contributed by atoms with Crippen LogP contribution in [0.2, 0.25) is 0 Å². The van der Waals surface area contributed by atoms with Gasteiger partial charge in [0.05, 0.1) is 6.61 Å². The number of esters is 1. The largest absolute Gasteiger partial charge is 0.465 e. The number of para-hydroxylation sites is 2. The van der Waals surface area contributed by atoms with Crippen LogP contribution >= 0.6 is 0 Å². The van der Waals surface area contributed by atoms with Crippen LogP contribution in [0, 0.1) is 0 Å². The van der Waals surface area contributed by atoms with Crippen LogP contribution < -0.4 is 10.1 Å². The topological polar surface area (TPSA) is 47.6 Å². The maximum Gasteiger partial charge on any atom is 0.323 e. The van der Waals surface area contributed by atoms with E-state index in [1.54, 1.807) is 0 Å². The number of hydrogen-bond donors (Lipinski definition) is 1. The Labute approximate surface area is 177 Å². The van der Waals surface area contributed by atoms with Crippen molar-refractivity contribution >= 4 is 17.6 Å². The highest BCUT2D eigenvalue weighted by atomic mass is 16.5. The van der Waals surface area contributed by atoms with Crippen molar-refractivity contribution in [2.45, 2.75) is 19.4 Å². The van der Waals surface area contributed by atoms with Gasteiger partial charge in [-0.05, 0) is 42.7 Å². The highest BCUT2D eigenvalue weighted by Crippen LogP contribution is 2.37. The van der Waals surface area contributed by atoms with Gasteiger partial charge in [0, 0.05) is 17.7 Å². The number of fused-ring (bicyclic) bond motifs is 2. The summed E-state index contributed by atoms with van der Waals surface area (Å²) in [6, 6.07) is 25.5. The molecule has 4 rings (SSSR count). The van der Waals surface area contributed by atoms with E-state index < -0.39 is 6.04 Å². The van der Waals surface area contributed by atoms with Crippen LogP contribution in [0.5, 0.6) is 11.5 Å². The molecule has 1 unspecified atom stereocenters. The zero-order chi connectivity index (χ0) is 20.8. The van der Waals surface area contributed by atoms with Gasteiger partial charge in [-0.1, -0.05) is 66.7 Å². The molecule has 0 bridgehead atoms. The predicted octanol–water partition coefficient (Wildman–Crippen LogP) is 5.10. The third-order valence-electron chi connectivity index (χ3n) is 5.09. The number of hydrogen-bond acceptors (Lipinski definition) is 4. The van der Waals surface area contributed by atoms with Crippen molar-refractivity contribution in [3.05, 3.63) is 95.6 Å². The van der Waals surface area contributed by atoms with Crippen molar-refractivity contribution in [1.82, 2.24) is 5.32 Å². The summed E-state index contributed by atoms with van der Waals surface area (Å²) in [7, 11) is 0. The summed E-state index contributed by atoms with van der Waals surface area (Å²) in [6.45, 7) is 2.71. The Morgan fingerprint density at radius 2 is 1.63 bits per heavy atom. The summed E-state index contributed by atoms with van der Waals surface area (Å²) in [5, 5.41) is 3.42. The van der Waals surface area contributed by atoms with E-state index in [1.165, 1.54) is 0 Å². The molecule has 1 N–H and O–H groups in total. The first kappa shape index (κ1) is 19.9. The van der Waals surface area contributed by atoms with Crippen LogP contribution in [0.15, 0.2) is 78.9 Å². The molecular weight excluding hydrogens is 374 g/mol. The first-order chi connectivity index (χ1) is 14.7. The fourth-order valence-electron chi connectivity index (χ4n) is 3.61. The number of rotatable bonds is 7. The van der Waals surface area contributed by atoms with Crippen LogP contribution in [-0.2, 0) is 16.0 Å². The van der Waals surface area contributed by atoms with Gasteiger partial charge in [0.1, 0.15) is 17.5 Å². The maximum absolute atomic E-state index is 12.6. The van der Waals surface area contributed by atoms with Crippen LogP contribution in [0.25, 0.3) is 11.6 Å².